The van der Waals surface area contributed by atoms with Crippen LogP contribution >= 0.6 is 0 Å². The van der Waals surface area contributed by atoms with Gasteiger partial charge in [0, 0.05) is 26.2 Å². The zero-order valence-corrected chi connectivity index (χ0v) is 21.4. The molecule has 0 bridgehead atoms. The Balaban J connectivity index is 2.08. The minimum absolute atomic E-state index is 0.0340. The summed E-state index contributed by atoms with van der Waals surface area (Å²) in [5.74, 6) is -1.19. The molecule has 0 radical (unpaired) electrons. The number of likely N-dealkylation sites (tertiary alicyclic amines) is 1. The number of nitrogens with zero attached hydrogens (tertiary/aromatic N) is 3. The van der Waals surface area contributed by atoms with E-state index >= 15 is 0 Å². The van der Waals surface area contributed by atoms with Crippen molar-refractivity contribution in [3.8, 4) is 5.75 Å². The molecule has 0 spiro atoms. The van der Waals surface area contributed by atoms with Crippen LogP contribution in [0, 0.1) is 0 Å². The van der Waals surface area contributed by atoms with Crippen molar-refractivity contribution in [3.63, 3.8) is 0 Å². The monoisotopic (exact) mass is 501 g/mol. The number of sulfonamides is 1. The van der Waals surface area contributed by atoms with Gasteiger partial charge in [0.1, 0.15) is 11.5 Å². The van der Waals surface area contributed by atoms with Gasteiger partial charge in [0.05, 0.1) is 23.6 Å². The Morgan fingerprint density at radius 3 is 2.11 bits per heavy atom. The molecule has 0 saturated carbocycles. The van der Waals surface area contributed by atoms with Gasteiger partial charge in [0.2, 0.25) is 10.0 Å². The first-order valence-corrected chi connectivity index (χ1v) is 12.5. The molecule has 1 aliphatic rings. The van der Waals surface area contributed by atoms with Gasteiger partial charge >= 0.3 is 0 Å². The van der Waals surface area contributed by atoms with Crippen LogP contribution in [-0.2, 0) is 19.6 Å². The SMILES string of the molecule is COc1ccc([C@H]2C(=C(O)c3ccc(S(=O)(=O)N(C)C)cc3)C(=O)C(=O)N2CCCN(C)C)cc1. The van der Waals surface area contributed by atoms with Crippen LogP contribution in [0.1, 0.15) is 23.6 Å². The van der Waals surface area contributed by atoms with E-state index in [-0.39, 0.29) is 21.8 Å². The van der Waals surface area contributed by atoms with Crippen LogP contribution in [0.15, 0.2) is 59.0 Å². The van der Waals surface area contributed by atoms with Crippen LogP contribution in [0.3, 0.4) is 0 Å². The van der Waals surface area contributed by atoms with Gasteiger partial charge in [-0.25, -0.2) is 12.7 Å². The lowest BCUT2D eigenvalue weighted by molar-refractivity contribution is -0.139. The Morgan fingerprint density at radius 1 is 1.00 bits per heavy atom. The lowest BCUT2D eigenvalue weighted by atomic mass is 9.95. The number of carbonyl (C=O) groups excluding carboxylic acids is 2. The predicted molar refractivity (Wildman–Crippen MR) is 132 cm³/mol. The molecule has 1 fully saturated rings. The third kappa shape index (κ3) is 5.39. The van der Waals surface area contributed by atoms with Crippen molar-refractivity contribution in [1.29, 1.82) is 0 Å². The molecule has 1 aliphatic heterocycles. The topological polar surface area (TPSA) is 107 Å². The summed E-state index contributed by atoms with van der Waals surface area (Å²) in [6.07, 6.45) is 0.643. The predicted octanol–water partition coefficient (Wildman–Crippen LogP) is 2.32. The molecule has 188 valence electrons. The van der Waals surface area contributed by atoms with Gasteiger partial charge in [-0.15, -0.1) is 0 Å². The van der Waals surface area contributed by atoms with Gasteiger partial charge < -0.3 is 19.6 Å². The van der Waals surface area contributed by atoms with Gasteiger partial charge in [-0.3, -0.25) is 9.59 Å². The minimum atomic E-state index is -3.65. The van der Waals surface area contributed by atoms with Gasteiger partial charge in [-0.2, -0.15) is 0 Å². The van der Waals surface area contributed by atoms with Gasteiger partial charge in [0.15, 0.2) is 0 Å². The van der Waals surface area contributed by atoms with E-state index < -0.39 is 27.8 Å². The van der Waals surface area contributed by atoms with Crippen molar-refractivity contribution in [1.82, 2.24) is 14.1 Å². The molecule has 3 rings (SSSR count). The lowest BCUT2D eigenvalue weighted by Gasteiger charge is -2.26. The van der Waals surface area contributed by atoms with E-state index in [9.17, 15) is 23.1 Å². The Labute approximate surface area is 206 Å². The lowest BCUT2D eigenvalue weighted by Crippen LogP contribution is -2.32. The van der Waals surface area contributed by atoms with E-state index in [1.165, 1.54) is 43.3 Å². The van der Waals surface area contributed by atoms with Crippen LogP contribution in [0.2, 0.25) is 0 Å². The van der Waals surface area contributed by atoms with Crippen molar-refractivity contribution in [2.24, 2.45) is 0 Å². The summed E-state index contributed by atoms with van der Waals surface area (Å²) in [5, 5.41) is 11.2. The fraction of sp³-hybridized carbons (Fsp3) is 0.360. The molecule has 35 heavy (non-hydrogen) atoms. The molecule has 2 aromatic rings. The van der Waals surface area contributed by atoms with Crippen molar-refractivity contribution >= 4 is 27.5 Å². The zero-order valence-electron chi connectivity index (χ0n) is 20.6. The summed E-state index contributed by atoms with van der Waals surface area (Å²) < 4.78 is 31.1. The first kappa shape index (κ1) is 26.4. The molecule has 1 heterocycles. The van der Waals surface area contributed by atoms with E-state index in [1.54, 1.807) is 31.4 Å². The third-order valence-corrected chi connectivity index (χ3v) is 7.71. The Kier molecular flexibility index (Phi) is 7.99. The number of methoxy groups -OCH3 is 1. The average Bonchev–Trinajstić information content (AvgIpc) is 3.08. The Hall–Kier alpha value is -3.21. The van der Waals surface area contributed by atoms with Crippen molar-refractivity contribution in [2.45, 2.75) is 17.4 Å². The molecule has 0 aromatic heterocycles. The molecule has 1 saturated heterocycles. The summed E-state index contributed by atoms with van der Waals surface area (Å²) in [6, 6.07) is 11.8. The molecule has 0 unspecified atom stereocenters. The second-order valence-electron chi connectivity index (χ2n) is 8.73. The van der Waals surface area contributed by atoms with Gasteiger partial charge in [0.25, 0.3) is 11.7 Å². The van der Waals surface area contributed by atoms with Gasteiger partial charge in [-0.1, -0.05) is 12.1 Å². The molecule has 10 heteroatoms. The fourth-order valence-corrected chi connectivity index (χ4v) is 4.85. The van der Waals surface area contributed by atoms with Crippen molar-refractivity contribution < 1.29 is 27.9 Å². The van der Waals surface area contributed by atoms with Crippen LogP contribution in [0.4, 0.5) is 0 Å². The maximum absolute atomic E-state index is 13.1. The summed E-state index contributed by atoms with van der Waals surface area (Å²) >= 11 is 0. The Bertz CT molecular complexity index is 1220. The molecular weight excluding hydrogens is 470 g/mol. The number of amides is 1. The second-order valence-corrected chi connectivity index (χ2v) is 10.9. The number of hydrogen-bond acceptors (Lipinski definition) is 7. The molecule has 0 aliphatic carbocycles. The number of ether oxygens (including phenoxy) is 1. The summed E-state index contributed by atoms with van der Waals surface area (Å²) in [7, 11) is 4.59. The highest BCUT2D eigenvalue weighted by atomic mass is 32.2. The number of hydrogen-bond donors (Lipinski definition) is 1. The van der Waals surface area contributed by atoms with E-state index in [0.717, 1.165) is 10.8 Å². The molecular formula is C25H31N3O6S. The van der Waals surface area contributed by atoms with E-state index in [2.05, 4.69) is 0 Å². The van der Waals surface area contributed by atoms with Crippen molar-refractivity contribution in [3.05, 3.63) is 65.2 Å². The second kappa shape index (κ2) is 10.6. The van der Waals surface area contributed by atoms with Crippen LogP contribution < -0.4 is 4.74 Å². The number of carbonyl (C=O) groups is 2. The first-order valence-electron chi connectivity index (χ1n) is 11.1. The number of aliphatic hydroxyl groups excluding tert-OH is 1. The molecule has 2 aromatic carbocycles. The van der Waals surface area contributed by atoms with Gasteiger partial charge in [-0.05, 0) is 69.0 Å². The normalized spacial score (nSPS) is 18.0. The molecule has 1 amide bonds. The standard InChI is InChI=1S/C25H31N3O6S/c1-26(2)15-6-16-28-22(17-7-11-19(34-5)12-8-17)21(24(30)25(28)31)23(29)18-9-13-20(14-10-18)35(32,33)27(3)4/h7-14,22,29H,6,15-16H2,1-5H3/t22-/m0/s1. The van der Waals surface area contributed by atoms with Crippen LogP contribution in [0.25, 0.3) is 5.76 Å². The minimum Gasteiger partial charge on any atom is -0.507 e. The average molecular weight is 502 g/mol. The Morgan fingerprint density at radius 2 is 1.60 bits per heavy atom. The largest absolute Gasteiger partial charge is 0.507 e. The highest BCUT2D eigenvalue weighted by molar-refractivity contribution is 7.89. The molecule has 1 N–H and O–H groups in total. The number of benzene rings is 2. The highest BCUT2D eigenvalue weighted by Crippen LogP contribution is 2.40. The highest BCUT2D eigenvalue weighted by Gasteiger charge is 2.45. The maximum atomic E-state index is 13.1. The summed E-state index contributed by atoms with van der Waals surface area (Å²) in [5.41, 5.74) is 0.865. The van der Waals surface area contributed by atoms with E-state index in [0.29, 0.717) is 24.3 Å². The van der Waals surface area contributed by atoms with E-state index in [4.69, 9.17) is 4.74 Å². The number of aliphatic hydroxyl groups is 1. The quantitative estimate of drug-likeness (QED) is 0.319. The number of rotatable bonds is 9. The number of ketones is 1. The molecule has 1 atom stereocenters. The summed E-state index contributed by atoms with van der Waals surface area (Å²) in [4.78, 5) is 29.6. The van der Waals surface area contributed by atoms with E-state index in [1.807, 2.05) is 19.0 Å². The smallest absolute Gasteiger partial charge is 0.295 e. The third-order valence-electron chi connectivity index (χ3n) is 5.88. The molecule has 9 nitrogen and oxygen atoms in total. The summed E-state index contributed by atoms with van der Waals surface area (Å²) in [6.45, 7) is 1.05. The van der Waals surface area contributed by atoms with Crippen LogP contribution in [0.5, 0.6) is 5.75 Å². The van der Waals surface area contributed by atoms with Crippen LogP contribution in [-0.4, -0.2) is 87.7 Å². The zero-order chi connectivity index (χ0) is 25.9. The fourth-order valence-electron chi connectivity index (χ4n) is 3.95. The van der Waals surface area contributed by atoms with Crippen molar-refractivity contribution in [2.75, 3.05) is 48.4 Å². The first-order chi connectivity index (χ1) is 16.5. The number of Topliss-reactive ketones (excluding diaryl/α,β-unsaturated/α-hetero) is 1. The maximum Gasteiger partial charge on any atom is 0.295 e.